The van der Waals surface area contributed by atoms with Crippen LogP contribution in [0.5, 0.6) is 0 Å². The Morgan fingerprint density at radius 3 is 2.59 bits per heavy atom. The van der Waals surface area contributed by atoms with Crippen LogP contribution in [0.25, 0.3) is 0 Å². The molecule has 0 aliphatic rings. The van der Waals surface area contributed by atoms with Crippen molar-refractivity contribution in [3.8, 4) is 0 Å². The van der Waals surface area contributed by atoms with E-state index in [0.717, 1.165) is 25.3 Å². The molecule has 96 valence electrons. The first-order valence-corrected chi connectivity index (χ1v) is 6.24. The average Bonchev–Trinajstić information content (AvgIpc) is 2.29. The summed E-state index contributed by atoms with van der Waals surface area (Å²) in [6, 6.07) is 3.61. The largest absolute Gasteiger partial charge is 0.327 e. The van der Waals surface area contributed by atoms with Crippen LogP contribution in [0.1, 0.15) is 38.7 Å². The van der Waals surface area contributed by atoms with Gasteiger partial charge < -0.3 is 5.73 Å². The molecule has 0 saturated carbocycles. The molecule has 0 fully saturated rings. The lowest BCUT2D eigenvalue weighted by molar-refractivity contribution is 0.406. The highest BCUT2D eigenvalue weighted by atomic mass is 19.1. The highest BCUT2D eigenvalue weighted by Crippen LogP contribution is 2.17. The van der Waals surface area contributed by atoms with E-state index in [0.29, 0.717) is 17.9 Å². The van der Waals surface area contributed by atoms with Gasteiger partial charge in [-0.25, -0.2) is 8.78 Å². The third-order valence-corrected chi connectivity index (χ3v) is 3.21. The Kier molecular flexibility index (Phi) is 5.56. The minimum atomic E-state index is -0.543. The number of nitrogens with two attached hydrogens (primary N) is 1. The summed E-state index contributed by atoms with van der Waals surface area (Å²) in [6.45, 7) is 4.22. The normalized spacial score (nSPS) is 14.6. The number of hydrogen-bond acceptors (Lipinski definition) is 1. The van der Waals surface area contributed by atoms with Crippen molar-refractivity contribution in [1.82, 2.24) is 0 Å². The van der Waals surface area contributed by atoms with Crippen molar-refractivity contribution >= 4 is 0 Å². The van der Waals surface area contributed by atoms with Crippen molar-refractivity contribution in [3.05, 3.63) is 35.4 Å². The number of rotatable bonds is 6. The fourth-order valence-corrected chi connectivity index (χ4v) is 1.88. The van der Waals surface area contributed by atoms with Gasteiger partial charge in [-0.1, -0.05) is 32.8 Å². The lowest BCUT2D eigenvalue weighted by Gasteiger charge is -2.20. The summed E-state index contributed by atoms with van der Waals surface area (Å²) in [7, 11) is 0. The highest BCUT2D eigenvalue weighted by molar-refractivity contribution is 5.19. The first kappa shape index (κ1) is 14.1. The molecule has 0 spiro atoms. The van der Waals surface area contributed by atoms with Crippen LogP contribution >= 0.6 is 0 Å². The standard InChI is InChI=1S/C14H21F2N/c1-3-4-5-10(2)14(17)8-11-6-7-12(15)9-13(11)16/h6-7,9-10,14H,3-5,8,17H2,1-2H3. The molecular weight excluding hydrogens is 220 g/mol. The predicted octanol–water partition coefficient (Wildman–Crippen LogP) is 3.66. The Bertz CT molecular complexity index is 352. The van der Waals surface area contributed by atoms with Gasteiger partial charge in [-0.2, -0.15) is 0 Å². The van der Waals surface area contributed by atoms with Gasteiger partial charge in [0.15, 0.2) is 0 Å². The van der Waals surface area contributed by atoms with Gasteiger partial charge in [-0.15, -0.1) is 0 Å². The third kappa shape index (κ3) is 4.43. The lowest BCUT2D eigenvalue weighted by atomic mass is 9.91. The van der Waals surface area contributed by atoms with Crippen molar-refractivity contribution in [2.45, 2.75) is 45.6 Å². The molecule has 3 heteroatoms. The van der Waals surface area contributed by atoms with Crippen LogP contribution in [0.4, 0.5) is 8.78 Å². The van der Waals surface area contributed by atoms with E-state index in [9.17, 15) is 8.78 Å². The Morgan fingerprint density at radius 2 is 2.00 bits per heavy atom. The minimum Gasteiger partial charge on any atom is -0.327 e. The smallest absolute Gasteiger partial charge is 0.129 e. The summed E-state index contributed by atoms with van der Waals surface area (Å²) >= 11 is 0. The van der Waals surface area contributed by atoms with E-state index < -0.39 is 11.6 Å². The summed E-state index contributed by atoms with van der Waals surface area (Å²) in [5.41, 5.74) is 6.54. The van der Waals surface area contributed by atoms with Gasteiger partial charge >= 0.3 is 0 Å². The molecule has 17 heavy (non-hydrogen) atoms. The van der Waals surface area contributed by atoms with E-state index in [1.165, 1.54) is 12.1 Å². The van der Waals surface area contributed by atoms with E-state index in [4.69, 9.17) is 5.73 Å². The quantitative estimate of drug-likeness (QED) is 0.808. The predicted molar refractivity (Wildman–Crippen MR) is 66.7 cm³/mol. The van der Waals surface area contributed by atoms with Gasteiger partial charge in [0.2, 0.25) is 0 Å². The van der Waals surface area contributed by atoms with Crippen molar-refractivity contribution in [2.75, 3.05) is 0 Å². The molecule has 1 nitrogen and oxygen atoms in total. The van der Waals surface area contributed by atoms with Gasteiger partial charge in [-0.3, -0.25) is 0 Å². The van der Waals surface area contributed by atoms with Crippen molar-refractivity contribution in [1.29, 1.82) is 0 Å². The molecule has 0 aliphatic carbocycles. The third-order valence-electron chi connectivity index (χ3n) is 3.21. The second kappa shape index (κ2) is 6.70. The highest BCUT2D eigenvalue weighted by Gasteiger charge is 2.15. The zero-order chi connectivity index (χ0) is 12.8. The second-order valence-corrected chi connectivity index (χ2v) is 4.72. The number of benzene rings is 1. The van der Waals surface area contributed by atoms with E-state index in [1.807, 2.05) is 0 Å². The van der Waals surface area contributed by atoms with Crippen molar-refractivity contribution in [2.24, 2.45) is 11.7 Å². The molecule has 1 rings (SSSR count). The van der Waals surface area contributed by atoms with Gasteiger partial charge in [0, 0.05) is 12.1 Å². The molecule has 2 unspecified atom stereocenters. The molecule has 1 aromatic rings. The number of hydrogen-bond donors (Lipinski definition) is 1. The van der Waals surface area contributed by atoms with Gasteiger partial charge in [0.1, 0.15) is 11.6 Å². The van der Waals surface area contributed by atoms with E-state index in [1.54, 1.807) is 0 Å². The van der Waals surface area contributed by atoms with Gasteiger partial charge in [-0.05, 0) is 30.4 Å². The lowest BCUT2D eigenvalue weighted by Crippen LogP contribution is -2.30. The summed E-state index contributed by atoms with van der Waals surface area (Å²) in [4.78, 5) is 0. The van der Waals surface area contributed by atoms with E-state index in [-0.39, 0.29) is 6.04 Å². The summed E-state index contributed by atoms with van der Waals surface area (Å²) in [5.74, 6) is -0.679. The molecule has 1 aromatic carbocycles. The molecule has 0 amide bonds. The van der Waals surface area contributed by atoms with Crippen molar-refractivity contribution in [3.63, 3.8) is 0 Å². The summed E-state index contributed by atoms with van der Waals surface area (Å²) < 4.78 is 26.2. The van der Waals surface area contributed by atoms with Crippen LogP contribution < -0.4 is 5.73 Å². The van der Waals surface area contributed by atoms with E-state index >= 15 is 0 Å². The molecule has 0 aromatic heterocycles. The molecule has 2 atom stereocenters. The SMILES string of the molecule is CCCCC(C)C(N)Cc1ccc(F)cc1F. The summed E-state index contributed by atoms with van der Waals surface area (Å²) in [5, 5.41) is 0. The maximum absolute atomic E-state index is 13.4. The molecule has 0 saturated heterocycles. The monoisotopic (exact) mass is 241 g/mol. The maximum atomic E-state index is 13.4. The Hall–Kier alpha value is -0.960. The molecule has 0 bridgehead atoms. The van der Waals surface area contributed by atoms with E-state index in [2.05, 4.69) is 13.8 Å². The second-order valence-electron chi connectivity index (χ2n) is 4.72. The van der Waals surface area contributed by atoms with Crippen LogP contribution in [0.2, 0.25) is 0 Å². The van der Waals surface area contributed by atoms with Crippen LogP contribution in [0.15, 0.2) is 18.2 Å². The van der Waals surface area contributed by atoms with Crippen LogP contribution in [-0.4, -0.2) is 6.04 Å². The number of unbranched alkanes of at least 4 members (excludes halogenated alkanes) is 1. The Labute approximate surface area is 102 Å². The zero-order valence-corrected chi connectivity index (χ0v) is 10.5. The van der Waals surface area contributed by atoms with Crippen LogP contribution in [0, 0.1) is 17.6 Å². The summed E-state index contributed by atoms with van der Waals surface area (Å²) in [6.07, 6.45) is 3.81. The maximum Gasteiger partial charge on any atom is 0.129 e. The van der Waals surface area contributed by atoms with Crippen LogP contribution in [0.3, 0.4) is 0 Å². The first-order valence-electron chi connectivity index (χ1n) is 6.24. The first-order chi connectivity index (χ1) is 8.04. The minimum absolute atomic E-state index is 0.0680. The van der Waals surface area contributed by atoms with Crippen molar-refractivity contribution < 1.29 is 8.78 Å². The number of halogens is 2. The van der Waals surface area contributed by atoms with Gasteiger partial charge in [0.25, 0.3) is 0 Å². The fourth-order valence-electron chi connectivity index (χ4n) is 1.88. The fraction of sp³-hybridized carbons (Fsp3) is 0.571. The molecule has 0 heterocycles. The molecule has 0 radical (unpaired) electrons. The zero-order valence-electron chi connectivity index (χ0n) is 10.5. The molecule has 0 aliphatic heterocycles. The Morgan fingerprint density at radius 1 is 1.29 bits per heavy atom. The Balaban J connectivity index is 2.58. The van der Waals surface area contributed by atoms with Gasteiger partial charge in [0.05, 0.1) is 0 Å². The average molecular weight is 241 g/mol. The molecule has 2 N–H and O–H groups in total. The topological polar surface area (TPSA) is 26.0 Å². The van der Waals surface area contributed by atoms with Crippen LogP contribution in [-0.2, 0) is 6.42 Å². The molecular formula is C14H21F2N.